The molecule has 0 bridgehead atoms. The normalized spacial score (nSPS) is 14.6. The lowest BCUT2D eigenvalue weighted by Gasteiger charge is -2.13. The molecule has 1 aliphatic rings. The molecule has 6 heteroatoms. The van der Waals surface area contributed by atoms with Crippen molar-refractivity contribution in [1.29, 1.82) is 0 Å². The molecular formula is C23H28N4O2. The number of aromatic nitrogens is 3. The summed E-state index contributed by atoms with van der Waals surface area (Å²) in [7, 11) is 0. The molecule has 29 heavy (non-hydrogen) atoms. The van der Waals surface area contributed by atoms with Crippen LogP contribution in [0.25, 0.3) is 16.5 Å². The number of carbonyl (C=O) groups excluding carboxylic acids is 1. The SMILES string of the molecule is Cc1c2cnn(-c3ccccc3)c(=O)c2c(C)n1CCCC(=O)NC1CCCC1. The Hall–Kier alpha value is -2.89. The maximum absolute atomic E-state index is 13.1. The van der Waals surface area contributed by atoms with Gasteiger partial charge in [0, 0.05) is 35.8 Å². The van der Waals surface area contributed by atoms with E-state index in [1.807, 2.05) is 44.2 Å². The van der Waals surface area contributed by atoms with Crippen molar-refractivity contribution >= 4 is 16.7 Å². The van der Waals surface area contributed by atoms with E-state index >= 15 is 0 Å². The standard InChI is InChI=1S/C23H28N4O2/c1-16-20-15-24-27(19-11-4-3-5-12-19)23(29)22(20)17(2)26(16)14-8-13-21(28)25-18-9-6-7-10-18/h3-5,11-12,15,18H,6-10,13-14H2,1-2H3,(H,25,28). The average Bonchev–Trinajstić information content (AvgIpc) is 3.31. The van der Waals surface area contributed by atoms with Crippen molar-refractivity contribution < 1.29 is 4.79 Å². The number of rotatable bonds is 6. The number of nitrogens with zero attached hydrogens (tertiary/aromatic N) is 3. The van der Waals surface area contributed by atoms with Crippen LogP contribution in [-0.4, -0.2) is 26.3 Å². The second-order valence-corrected chi connectivity index (χ2v) is 7.96. The van der Waals surface area contributed by atoms with Crippen LogP contribution in [0.15, 0.2) is 41.3 Å². The van der Waals surface area contributed by atoms with Gasteiger partial charge < -0.3 is 9.88 Å². The number of fused-ring (bicyclic) bond motifs is 1. The summed E-state index contributed by atoms with van der Waals surface area (Å²) >= 11 is 0. The summed E-state index contributed by atoms with van der Waals surface area (Å²) in [5.41, 5.74) is 2.61. The molecule has 1 fully saturated rings. The third-order valence-corrected chi connectivity index (χ3v) is 6.05. The Balaban J connectivity index is 1.53. The summed E-state index contributed by atoms with van der Waals surface area (Å²) in [5.74, 6) is 0.136. The molecule has 0 spiro atoms. The summed E-state index contributed by atoms with van der Waals surface area (Å²) in [4.78, 5) is 25.3. The van der Waals surface area contributed by atoms with Gasteiger partial charge in [0.05, 0.1) is 17.3 Å². The van der Waals surface area contributed by atoms with Crippen molar-refractivity contribution in [1.82, 2.24) is 19.7 Å². The summed E-state index contributed by atoms with van der Waals surface area (Å²) in [6, 6.07) is 9.83. The van der Waals surface area contributed by atoms with Crippen molar-refractivity contribution in [2.45, 2.75) is 65.0 Å². The Morgan fingerprint density at radius 2 is 1.86 bits per heavy atom. The number of hydrogen-bond donors (Lipinski definition) is 1. The Labute approximate surface area is 170 Å². The highest BCUT2D eigenvalue weighted by molar-refractivity contribution is 5.87. The van der Waals surface area contributed by atoms with Crippen LogP contribution in [0.2, 0.25) is 0 Å². The zero-order valence-electron chi connectivity index (χ0n) is 17.1. The molecule has 1 saturated carbocycles. The van der Waals surface area contributed by atoms with E-state index in [0.29, 0.717) is 17.8 Å². The molecule has 152 valence electrons. The van der Waals surface area contributed by atoms with E-state index in [1.54, 1.807) is 6.20 Å². The van der Waals surface area contributed by atoms with Crippen LogP contribution in [0, 0.1) is 13.8 Å². The van der Waals surface area contributed by atoms with Crippen molar-refractivity contribution in [2.24, 2.45) is 0 Å². The topological polar surface area (TPSA) is 68.9 Å². The molecule has 0 radical (unpaired) electrons. The van der Waals surface area contributed by atoms with Gasteiger partial charge in [-0.05, 0) is 45.2 Å². The Kier molecular flexibility index (Phi) is 5.51. The molecule has 6 nitrogen and oxygen atoms in total. The number of nitrogens with one attached hydrogen (secondary N) is 1. The maximum Gasteiger partial charge on any atom is 0.281 e. The minimum atomic E-state index is -0.105. The first-order chi connectivity index (χ1) is 14.1. The number of aryl methyl sites for hydroxylation is 2. The molecular weight excluding hydrogens is 364 g/mol. The van der Waals surface area contributed by atoms with Gasteiger partial charge >= 0.3 is 0 Å². The van der Waals surface area contributed by atoms with Crippen molar-refractivity contribution in [3.63, 3.8) is 0 Å². The van der Waals surface area contributed by atoms with Crippen LogP contribution < -0.4 is 10.9 Å². The lowest BCUT2D eigenvalue weighted by molar-refractivity contribution is -0.121. The Bertz CT molecular complexity index is 1080. The molecule has 1 N–H and O–H groups in total. The van der Waals surface area contributed by atoms with E-state index in [1.165, 1.54) is 17.5 Å². The number of benzene rings is 1. The molecule has 0 atom stereocenters. The second-order valence-electron chi connectivity index (χ2n) is 7.96. The number of carbonyl (C=O) groups is 1. The zero-order valence-corrected chi connectivity index (χ0v) is 17.1. The Morgan fingerprint density at radius 1 is 1.14 bits per heavy atom. The van der Waals surface area contributed by atoms with Gasteiger partial charge in [-0.1, -0.05) is 31.0 Å². The third-order valence-electron chi connectivity index (χ3n) is 6.05. The minimum absolute atomic E-state index is 0.105. The van der Waals surface area contributed by atoms with E-state index in [2.05, 4.69) is 15.0 Å². The van der Waals surface area contributed by atoms with E-state index in [9.17, 15) is 9.59 Å². The van der Waals surface area contributed by atoms with E-state index in [0.717, 1.165) is 48.3 Å². The maximum atomic E-state index is 13.1. The lowest BCUT2D eigenvalue weighted by atomic mass is 10.2. The number of para-hydroxylation sites is 1. The summed E-state index contributed by atoms with van der Waals surface area (Å²) in [6.07, 6.45) is 7.68. The van der Waals surface area contributed by atoms with Crippen molar-refractivity contribution in [3.05, 3.63) is 58.3 Å². The molecule has 1 amide bonds. The third kappa shape index (κ3) is 3.84. The minimum Gasteiger partial charge on any atom is -0.353 e. The van der Waals surface area contributed by atoms with Crippen molar-refractivity contribution in [2.75, 3.05) is 0 Å². The fraction of sp³-hybridized carbons (Fsp3) is 0.435. The first-order valence-corrected chi connectivity index (χ1v) is 10.5. The molecule has 1 aromatic carbocycles. The van der Waals surface area contributed by atoms with Gasteiger partial charge in [-0.2, -0.15) is 9.78 Å². The first-order valence-electron chi connectivity index (χ1n) is 10.5. The van der Waals surface area contributed by atoms with Crippen LogP contribution in [0.3, 0.4) is 0 Å². The summed E-state index contributed by atoms with van der Waals surface area (Å²) < 4.78 is 3.60. The van der Waals surface area contributed by atoms with Gasteiger partial charge in [-0.15, -0.1) is 0 Å². The molecule has 0 saturated heterocycles. The van der Waals surface area contributed by atoms with Gasteiger partial charge in [-0.3, -0.25) is 9.59 Å². The fourth-order valence-corrected chi connectivity index (χ4v) is 4.47. The lowest BCUT2D eigenvalue weighted by Crippen LogP contribution is -2.32. The van der Waals surface area contributed by atoms with Crippen LogP contribution in [0.5, 0.6) is 0 Å². The number of hydrogen-bond acceptors (Lipinski definition) is 3. The van der Waals surface area contributed by atoms with Gasteiger partial charge in [0.15, 0.2) is 0 Å². The summed E-state index contributed by atoms with van der Waals surface area (Å²) in [6.45, 7) is 4.71. The summed E-state index contributed by atoms with van der Waals surface area (Å²) in [5, 5.41) is 9.12. The van der Waals surface area contributed by atoms with E-state index in [-0.39, 0.29) is 11.5 Å². The largest absolute Gasteiger partial charge is 0.353 e. The second kappa shape index (κ2) is 8.23. The van der Waals surface area contributed by atoms with Crippen LogP contribution in [0.4, 0.5) is 0 Å². The quantitative estimate of drug-likeness (QED) is 0.696. The zero-order chi connectivity index (χ0) is 20.4. The molecule has 0 unspecified atom stereocenters. The van der Waals surface area contributed by atoms with Gasteiger partial charge in [0.1, 0.15) is 0 Å². The van der Waals surface area contributed by atoms with Crippen LogP contribution >= 0.6 is 0 Å². The van der Waals surface area contributed by atoms with Crippen molar-refractivity contribution in [3.8, 4) is 5.69 Å². The van der Waals surface area contributed by atoms with Crippen LogP contribution in [0.1, 0.15) is 49.9 Å². The highest BCUT2D eigenvalue weighted by Gasteiger charge is 2.18. The predicted molar refractivity (Wildman–Crippen MR) is 114 cm³/mol. The molecule has 1 aliphatic carbocycles. The van der Waals surface area contributed by atoms with Crippen LogP contribution in [-0.2, 0) is 11.3 Å². The van der Waals surface area contributed by atoms with Gasteiger partial charge in [-0.25, -0.2) is 0 Å². The monoisotopic (exact) mass is 392 g/mol. The molecule has 3 aromatic rings. The van der Waals surface area contributed by atoms with E-state index in [4.69, 9.17) is 0 Å². The van der Waals surface area contributed by atoms with Gasteiger partial charge in [0.25, 0.3) is 5.56 Å². The molecule has 2 heterocycles. The molecule has 0 aliphatic heterocycles. The predicted octanol–water partition coefficient (Wildman–Crippen LogP) is 3.64. The fourth-order valence-electron chi connectivity index (χ4n) is 4.47. The smallest absolute Gasteiger partial charge is 0.281 e. The Morgan fingerprint density at radius 3 is 2.59 bits per heavy atom. The first kappa shape index (κ1) is 19.4. The van der Waals surface area contributed by atoms with Gasteiger partial charge in [0.2, 0.25) is 5.91 Å². The average molecular weight is 393 g/mol. The highest BCUT2D eigenvalue weighted by atomic mass is 16.1. The highest BCUT2D eigenvalue weighted by Crippen LogP contribution is 2.23. The van der Waals surface area contributed by atoms with E-state index < -0.39 is 0 Å². The molecule has 4 rings (SSSR count). The molecule has 2 aromatic heterocycles. The number of amides is 1.